The maximum absolute atomic E-state index is 14.8. The van der Waals surface area contributed by atoms with Crippen LogP contribution in [0.25, 0.3) is 5.65 Å². The lowest BCUT2D eigenvalue weighted by atomic mass is 10.1. The van der Waals surface area contributed by atoms with E-state index in [1.54, 1.807) is 13.8 Å². The Bertz CT molecular complexity index is 1110. The van der Waals surface area contributed by atoms with Crippen LogP contribution in [0.2, 0.25) is 0 Å². The number of alkyl halides is 4. The number of carbonyl (C=O) groups excluding carboxylic acids is 1. The Morgan fingerprint density at radius 1 is 1.41 bits per heavy atom. The fraction of sp³-hybridized carbons (Fsp3) is 0.444. The van der Waals surface area contributed by atoms with Crippen LogP contribution in [-0.4, -0.2) is 55.6 Å². The summed E-state index contributed by atoms with van der Waals surface area (Å²) in [5.74, 6) is 0.194. The van der Waals surface area contributed by atoms with Crippen LogP contribution in [0.5, 0.6) is 0 Å². The highest BCUT2D eigenvalue weighted by Crippen LogP contribution is 2.34. The van der Waals surface area contributed by atoms with Gasteiger partial charge >= 0.3 is 12.3 Å². The van der Waals surface area contributed by atoms with Crippen molar-refractivity contribution < 1.29 is 31.8 Å². The topological polar surface area (TPSA) is 118 Å². The number of aromatic nitrogens is 5. The van der Waals surface area contributed by atoms with Crippen molar-refractivity contribution in [2.45, 2.75) is 44.4 Å². The van der Waals surface area contributed by atoms with E-state index in [1.807, 2.05) is 0 Å². The van der Waals surface area contributed by atoms with Crippen LogP contribution in [0.15, 0.2) is 24.5 Å². The second-order valence-electron chi connectivity index (χ2n) is 7.40. The zero-order valence-corrected chi connectivity index (χ0v) is 16.9. The van der Waals surface area contributed by atoms with Gasteiger partial charge in [-0.2, -0.15) is 18.3 Å². The summed E-state index contributed by atoms with van der Waals surface area (Å²) in [5, 5.41) is 11.9. The maximum atomic E-state index is 14.8. The molecule has 1 saturated heterocycles. The van der Waals surface area contributed by atoms with E-state index in [0.29, 0.717) is 0 Å². The summed E-state index contributed by atoms with van der Waals surface area (Å²) in [6.07, 6.45) is -7.07. The molecule has 10 nitrogen and oxygen atoms in total. The third kappa shape index (κ3) is 4.44. The van der Waals surface area contributed by atoms with E-state index in [-0.39, 0.29) is 35.8 Å². The number of anilines is 2. The van der Waals surface area contributed by atoms with Crippen LogP contribution in [0.3, 0.4) is 0 Å². The molecule has 0 radical (unpaired) electrons. The van der Waals surface area contributed by atoms with Crippen LogP contribution in [0.4, 0.5) is 34.1 Å². The van der Waals surface area contributed by atoms with Gasteiger partial charge in [-0.15, -0.1) is 0 Å². The predicted octanol–water partition coefficient (Wildman–Crippen LogP) is 3.13. The SMILES string of the molecule is CC(C)NC(=O)O[C@H]1CO[C@@H](c2cc(Nc3nccc4nc(C(F)(F)F)cn34)n[nH]2)[C@H]1F. The quantitative estimate of drug-likeness (QED) is 0.504. The number of nitrogens with zero attached hydrogens (tertiary/aromatic N) is 4. The third-order valence-electron chi connectivity index (χ3n) is 4.57. The Morgan fingerprint density at radius 3 is 2.91 bits per heavy atom. The summed E-state index contributed by atoms with van der Waals surface area (Å²) in [5.41, 5.74) is -0.777. The molecule has 4 heterocycles. The number of H-pyrrole nitrogens is 1. The summed E-state index contributed by atoms with van der Waals surface area (Å²) >= 11 is 0. The van der Waals surface area contributed by atoms with Gasteiger partial charge in [0.1, 0.15) is 11.8 Å². The molecule has 4 rings (SSSR count). The number of rotatable bonds is 5. The van der Waals surface area contributed by atoms with Crippen molar-refractivity contribution in [1.82, 2.24) is 29.9 Å². The van der Waals surface area contributed by atoms with Gasteiger partial charge in [0.15, 0.2) is 23.8 Å². The average molecular weight is 457 g/mol. The molecule has 3 aromatic rings. The molecule has 1 aliphatic rings. The summed E-state index contributed by atoms with van der Waals surface area (Å²) < 4.78 is 65.2. The Hall–Kier alpha value is -3.42. The van der Waals surface area contributed by atoms with Crippen molar-refractivity contribution in [3.63, 3.8) is 0 Å². The molecule has 0 spiro atoms. The van der Waals surface area contributed by atoms with Crippen LogP contribution in [0.1, 0.15) is 31.3 Å². The van der Waals surface area contributed by atoms with Crippen molar-refractivity contribution in [2.75, 3.05) is 11.9 Å². The Labute approximate surface area is 178 Å². The molecule has 3 atom stereocenters. The normalized spacial score (nSPS) is 21.3. The molecule has 0 saturated carbocycles. The number of ether oxygens (including phenoxy) is 2. The van der Waals surface area contributed by atoms with E-state index < -0.39 is 36.3 Å². The number of alkyl carbamates (subject to hydrolysis) is 1. The first kappa shape index (κ1) is 21.8. The summed E-state index contributed by atoms with van der Waals surface area (Å²) in [4.78, 5) is 19.2. The Morgan fingerprint density at radius 2 is 2.19 bits per heavy atom. The third-order valence-corrected chi connectivity index (χ3v) is 4.57. The predicted molar refractivity (Wildman–Crippen MR) is 102 cm³/mol. The van der Waals surface area contributed by atoms with Gasteiger partial charge in [-0.05, 0) is 19.9 Å². The minimum atomic E-state index is -4.61. The molecule has 0 aliphatic carbocycles. The van der Waals surface area contributed by atoms with Crippen LogP contribution >= 0.6 is 0 Å². The number of hydrogen-bond acceptors (Lipinski definition) is 7. The zero-order chi connectivity index (χ0) is 23.0. The van der Waals surface area contributed by atoms with E-state index in [4.69, 9.17) is 9.47 Å². The van der Waals surface area contributed by atoms with Gasteiger partial charge in [0, 0.05) is 24.5 Å². The van der Waals surface area contributed by atoms with Gasteiger partial charge in [-0.25, -0.2) is 19.2 Å². The number of carbonyl (C=O) groups is 1. The highest BCUT2D eigenvalue weighted by molar-refractivity contribution is 5.67. The van der Waals surface area contributed by atoms with Crippen LogP contribution in [-0.2, 0) is 15.7 Å². The van der Waals surface area contributed by atoms with Crippen molar-refractivity contribution in [3.05, 3.63) is 35.9 Å². The van der Waals surface area contributed by atoms with E-state index in [0.717, 1.165) is 10.6 Å². The number of nitrogens with one attached hydrogen (secondary N) is 3. The number of imidazole rings is 1. The first-order chi connectivity index (χ1) is 15.1. The summed E-state index contributed by atoms with van der Waals surface area (Å²) in [6.45, 7) is 3.34. The fourth-order valence-electron chi connectivity index (χ4n) is 3.15. The Balaban J connectivity index is 1.47. The molecule has 1 fully saturated rings. The number of fused-ring (bicyclic) bond motifs is 1. The van der Waals surface area contributed by atoms with Crippen molar-refractivity contribution >= 4 is 23.5 Å². The van der Waals surface area contributed by atoms with E-state index in [9.17, 15) is 22.4 Å². The molecular weight excluding hydrogens is 438 g/mol. The van der Waals surface area contributed by atoms with Crippen molar-refractivity contribution in [2.24, 2.45) is 0 Å². The van der Waals surface area contributed by atoms with Crippen molar-refractivity contribution in [1.29, 1.82) is 0 Å². The van der Waals surface area contributed by atoms with Gasteiger partial charge < -0.3 is 20.1 Å². The molecule has 1 amide bonds. The largest absolute Gasteiger partial charge is 0.441 e. The number of aromatic amines is 1. The second kappa shape index (κ2) is 8.26. The molecule has 0 bridgehead atoms. The lowest BCUT2D eigenvalue weighted by molar-refractivity contribution is -0.140. The molecule has 172 valence electrons. The van der Waals surface area contributed by atoms with E-state index in [2.05, 4.69) is 30.8 Å². The smallest absolute Gasteiger partial charge is 0.434 e. The van der Waals surface area contributed by atoms with E-state index in [1.165, 1.54) is 18.3 Å². The van der Waals surface area contributed by atoms with Gasteiger partial charge in [0.2, 0.25) is 5.95 Å². The molecule has 32 heavy (non-hydrogen) atoms. The van der Waals surface area contributed by atoms with Crippen LogP contribution < -0.4 is 10.6 Å². The zero-order valence-electron chi connectivity index (χ0n) is 16.9. The van der Waals surface area contributed by atoms with Crippen molar-refractivity contribution in [3.8, 4) is 0 Å². The molecule has 3 aromatic heterocycles. The molecule has 1 aliphatic heterocycles. The standard InChI is InChI=1S/C18H19F4N7O3/c1-8(2)24-17(30)32-10-7-31-15(14(10)19)9-5-12(28-27-9)26-16-23-4-3-13-25-11(6-29(13)16)18(20,21)22/h3-6,8,10,14-15H,7H2,1-2H3,(H,24,30)(H2,23,26,27,28)/t10-,14-,15-/m0/s1. The molecule has 0 unspecified atom stereocenters. The monoisotopic (exact) mass is 457 g/mol. The highest BCUT2D eigenvalue weighted by Gasteiger charge is 2.42. The first-order valence-corrected chi connectivity index (χ1v) is 9.58. The Kier molecular flexibility index (Phi) is 5.62. The fourth-order valence-corrected chi connectivity index (χ4v) is 3.15. The van der Waals surface area contributed by atoms with Gasteiger partial charge in [0.25, 0.3) is 0 Å². The maximum Gasteiger partial charge on any atom is 0.434 e. The minimum Gasteiger partial charge on any atom is -0.441 e. The number of amides is 1. The van der Waals surface area contributed by atoms with Gasteiger partial charge in [-0.3, -0.25) is 9.50 Å². The lowest BCUT2D eigenvalue weighted by Gasteiger charge is -2.16. The molecule has 3 N–H and O–H groups in total. The van der Waals surface area contributed by atoms with Gasteiger partial charge in [-0.1, -0.05) is 0 Å². The second-order valence-corrected chi connectivity index (χ2v) is 7.40. The number of hydrogen-bond donors (Lipinski definition) is 3. The highest BCUT2D eigenvalue weighted by atomic mass is 19.4. The molecular formula is C18H19F4N7O3. The average Bonchev–Trinajstić information content (AvgIpc) is 3.40. The van der Waals surface area contributed by atoms with Gasteiger partial charge in [0.05, 0.1) is 12.3 Å². The first-order valence-electron chi connectivity index (χ1n) is 9.58. The molecule has 14 heteroatoms. The summed E-state index contributed by atoms with van der Waals surface area (Å²) in [7, 11) is 0. The lowest BCUT2D eigenvalue weighted by Crippen LogP contribution is -2.36. The number of halogens is 4. The molecule has 0 aromatic carbocycles. The van der Waals surface area contributed by atoms with E-state index >= 15 is 0 Å². The minimum absolute atomic E-state index is 0.0271. The van der Waals surface area contributed by atoms with Crippen LogP contribution in [0, 0.1) is 0 Å². The summed E-state index contributed by atoms with van der Waals surface area (Å²) in [6, 6.07) is 2.59.